The third-order valence-electron chi connectivity index (χ3n) is 3.91. The van der Waals surface area contributed by atoms with Crippen molar-refractivity contribution in [2.24, 2.45) is 0 Å². The molecule has 0 N–H and O–H groups in total. The van der Waals surface area contributed by atoms with E-state index in [4.69, 9.17) is 4.74 Å². The van der Waals surface area contributed by atoms with Gasteiger partial charge in [0.2, 0.25) is 0 Å². The maximum atomic E-state index is 5.82. The fourth-order valence-electron chi connectivity index (χ4n) is 2.65. The van der Waals surface area contributed by atoms with Crippen LogP contribution in [-0.2, 0) is 0 Å². The van der Waals surface area contributed by atoms with Crippen molar-refractivity contribution in [2.45, 2.75) is 6.92 Å². The van der Waals surface area contributed by atoms with E-state index in [2.05, 4.69) is 38.8 Å². The summed E-state index contributed by atoms with van der Waals surface area (Å²) in [6, 6.07) is 8.20. The molecule has 5 nitrogen and oxygen atoms in total. The SMILES string of the molecule is Cc1cccc(OCCN2CCN(c3cnccn3)CC2)c1. The Balaban J connectivity index is 1.41. The molecule has 116 valence electrons. The van der Waals surface area contributed by atoms with Gasteiger partial charge in [0.25, 0.3) is 0 Å². The van der Waals surface area contributed by atoms with Gasteiger partial charge in [-0.3, -0.25) is 9.88 Å². The highest BCUT2D eigenvalue weighted by Gasteiger charge is 2.17. The molecule has 0 unspecified atom stereocenters. The molecule has 1 saturated heterocycles. The van der Waals surface area contributed by atoms with Crippen LogP contribution in [0.1, 0.15) is 5.56 Å². The fraction of sp³-hybridized carbons (Fsp3) is 0.412. The summed E-state index contributed by atoms with van der Waals surface area (Å²) in [6.07, 6.45) is 5.29. The molecule has 0 aliphatic carbocycles. The summed E-state index contributed by atoms with van der Waals surface area (Å²) in [4.78, 5) is 13.2. The molecule has 0 atom stereocenters. The van der Waals surface area contributed by atoms with Crippen molar-refractivity contribution in [1.82, 2.24) is 14.9 Å². The summed E-state index contributed by atoms with van der Waals surface area (Å²) in [5.74, 6) is 1.93. The number of piperazine rings is 1. The maximum absolute atomic E-state index is 5.82. The number of nitrogens with zero attached hydrogens (tertiary/aromatic N) is 4. The lowest BCUT2D eigenvalue weighted by Gasteiger charge is -2.35. The van der Waals surface area contributed by atoms with E-state index in [1.165, 1.54) is 5.56 Å². The van der Waals surface area contributed by atoms with E-state index in [0.29, 0.717) is 0 Å². The lowest BCUT2D eigenvalue weighted by Crippen LogP contribution is -2.47. The largest absolute Gasteiger partial charge is 0.492 e. The van der Waals surface area contributed by atoms with Gasteiger partial charge in [0.05, 0.1) is 6.20 Å². The minimum atomic E-state index is 0.731. The number of benzene rings is 1. The number of hydrogen-bond acceptors (Lipinski definition) is 5. The normalized spacial score (nSPS) is 15.8. The highest BCUT2D eigenvalue weighted by Crippen LogP contribution is 2.13. The Bertz CT molecular complexity index is 582. The molecule has 3 rings (SSSR count). The van der Waals surface area contributed by atoms with Gasteiger partial charge in [-0.1, -0.05) is 12.1 Å². The molecule has 5 heteroatoms. The van der Waals surface area contributed by atoms with Crippen LogP contribution in [0.3, 0.4) is 0 Å². The smallest absolute Gasteiger partial charge is 0.147 e. The Morgan fingerprint density at radius 1 is 1.14 bits per heavy atom. The Morgan fingerprint density at radius 3 is 2.73 bits per heavy atom. The van der Waals surface area contributed by atoms with Gasteiger partial charge in [-0.25, -0.2) is 4.98 Å². The van der Waals surface area contributed by atoms with Crippen molar-refractivity contribution in [3.05, 3.63) is 48.4 Å². The van der Waals surface area contributed by atoms with Crippen molar-refractivity contribution in [3.63, 3.8) is 0 Å². The predicted molar refractivity (Wildman–Crippen MR) is 87.4 cm³/mol. The Morgan fingerprint density at radius 2 is 2.00 bits per heavy atom. The number of hydrogen-bond donors (Lipinski definition) is 0. The Labute approximate surface area is 131 Å². The monoisotopic (exact) mass is 298 g/mol. The van der Waals surface area contributed by atoms with E-state index >= 15 is 0 Å². The van der Waals surface area contributed by atoms with E-state index in [0.717, 1.165) is 50.9 Å². The molecule has 2 heterocycles. The molecule has 1 fully saturated rings. The second-order valence-electron chi connectivity index (χ2n) is 5.56. The molecule has 1 aliphatic heterocycles. The number of anilines is 1. The highest BCUT2D eigenvalue weighted by molar-refractivity contribution is 5.35. The molecule has 1 aromatic carbocycles. The average molecular weight is 298 g/mol. The highest BCUT2D eigenvalue weighted by atomic mass is 16.5. The third-order valence-corrected chi connectivity index (χ3v) is 3.91. The summed E-state index contributed by atoms with van der Waals surface area (Å²) >= 11 is 0. The summed E-state index contributed by atoms with van der Waals surface area (Å²) in [5.41, 5.74) is 1.23. The van der Waals surface area contributed by atoms with Gasteiger partial charge in [-0.2, -0.15) is 0 Å². The van der Waals surface area contributed by atoms with Crippen LogP contribution < -0.4 is 9.64 Å². The van der Waals surface area contributed by atoms with E-state index in [1.54, 1.807) is 12.4 Å². The first-order valence-corrected chi connectivity index (χ1v) is 7.74. The lowest BCUT2D eigenvalue weighted by atomic mass is 10.2. The minimum Gasteiger partial charge on any atom is -0.492 e. The molecule has 0 bridgehead atoms. The van der Waals surface area contributed by atoms with E-state index in [-0.39, 0.29) is 0 Å². The fourth-order valence-corrected chi connectivity index (χ4v) is 2.65. The summed E-state index contributed by atoms with van der Waals surface area (Å²) in [6.45, 7) is 7.82. The van der Waals surface area contributed by atoms with Crippen LogP contribution in [0.15, 0.2) is 42.9 Å². The second-order valence-corrected chi connectivity index (χ2v) is 5.56. The quantitative estimate of drug-likeness (QED) is 0.844. The summed E-state index contributed by atoms with van der Waals surface area (Å²) < 4.78 is 5.82. The van der Waals surface area contributed by atoms with E-state index < -0.39 is 0 Å². The zero-order valence-corrected chi connectivity index (χ0v) is 13.0. The zero-order chi connectivity index (χ0) is 15.2. The number of rotatable bonds is 5. The molecule has 1 aromatic heterocycles. The molecular formula is C17H22N4O. The van der Waals surface area contributed by atoms with Crippen LogP contribution in [0.2, 0.25) is 0 Å². The predicted octanol–water partition coefficient (Wildman–Crippen LogP) is 1.99. The van der Waals surface area contributed by atoms with Crippen molar-refractivity contribution in [2.75, 3.05) is 44.2 Å². The number of aryl methyl sites for hydroxylation is 1. The van der Waals surface area contributed by atoms with Gasteiger partial charge < -0.3 is 9.64 Å². The van der Waals surface area contributed by atoms with Gasteiger partial charge in [-0.05, 0) is 24.6 Å². The molecule has 0 amide bonds. The van der Waals surface area contributed by atoms with Crippen LogP contribution >= 0.6 is 0 Å². The molecule has 0 spiro atoms. The number of ether oxygens (including phenoxy) is 1. The first-order chi connectivity index (χ1) is 10.8. The van der Waals surface area contributed by atoms with Gasteiger partial charge in [0, 0.05) is 45.1 Å². The molecule has 0 saturated carbocycles. The molecule has 1 aliphatic rings. The molecule has 0 radical (unpaired) electrons. The van der Waals surface area contributed by atoms with Crippen LogP contribution in [0.25, 0.3) is 0 Å². The Kier molecular flexibility index (Phi) is 4.85. The van der Waals surface area contributed by atoms with Crippen molar-refractivity contribution < 1.29 is 4.74 Å². The zero-order valence-electron chi connectivity index (χ0n) is 13.0. The van der Waals surface area contributed by atoms with Crippen molar-refractivity contribution >= 4 is 5.82 Å². The van der Waals surface area contributed by atoms with Crippen LogP contribution in [0.4, 0.5) is 5.82 Å². The van der Waals surface area contributed by atoms with Crippen LogP contribution in [0, 0.1) is 6.92 Å². The van der Waals surface area contributed by atoms with Crippen LogP contribution in [-0.4, -0.2) is 54.2 Å². The lowest BCUT2D eigenvalue weighted by molar-refractivity contribution is 0.200. The first-order valence-electron chi connectivity index (χ1n) is 7.74. The molecule has 22 heavy (non-hydrogen) atoms. The van der Waals surface area contributed by atoms with Gasteiger partial charge in [-0.15, -0.1) is 0 Å². The topological polar surface area (TPSA) is 41.5 Å². The average Bonchev–Trinajstić information content (AvgIpc) is 2.56. The van der Waals surface area contributed by atoms with Crippen molar-refractivity contribution in [3.8, 4) is 5.75 Å². The Hall–Kier alpha value is -2.14. The maximum Gasteiger partial charge on any atom is 0.147 e. The number of aromatic nitrogens is 2. The molecule has 2 aromatic rings. The summed E-state index contributed by atoms with van der Waals surface area (Å²) in [5, 5.41) is 0. The van der Waals surface area contributed by atoms with Gasteiger partial charge >= 0.3 is 0 Å². The third kappa shape index (κ3) is 3.95. The van der Waals surface area contributed by atoms with Crippen LogP contribution in [0.5, 0.6) is 5.75 Å². The minimum absolute atomic E-state index is 0.731. The van der Waals surface area contributed by atoms with E-state index in [9.17, 15) is 0 Å². The summed E-state index contributed by atoms with van der Waals surface area (Å²) in [7, 11) is 0. The van der Waals surface area contributed by atoms with Gasteiger partial charge in [0.15, 0.2) is 0 Å². The standard InChI is InChI=1S/C17H22N4O/c1-15-3-2-4-16(13-15)22-12-11-20-7-9-21(10-8-20)17-14-18-5-6-19-17/h2-6,13-14H,7-12H2,1H3. The molecular weight excluding hydrogens is 276 g/mol. The van der Waals surface area contributed by atoms with E-state index in [1.807, 2.05) is 18.3 Å². The first kappa shape index (κ1) is 14.8. The van der Waals surface area contributed by atoms with Crippen molar-refractivity contribution in [1.29, 1.82) is 0 Å². The van der Waals surface area contributed by atoms with Gasteiger partial charge in [0.1, 0.15) is 18.2 Å². The second kappa shape index (κ2) is 7.22.